The van der Waals surface area contributed by atoms with Crippen LogP contribution in [0.25, 0.3) is 0 Å². The molecular weight excluding hydrogens is 242 g/mol. The number of nitrogens with one attached hydrogen (secondary N) is 1. The Labute approximate surface area is 112 Å². The van der Waals surface area contributed by atoms with Gasteiger partial charge in [-0.3, -0.25) is 9.59 Å². The van der Waals surface area contributed by atoms with Crippen molar-refractivity contribution in [2.75, 3.05) is 18.8 Å². The molecule has 2 rings (SSSR count). The van der Waals surface area contributed by atoms with Gasteiger partial charge in [0.25, 0.3) is 5.91 Å². The van der Waals surface area contributed by atoms with Crippen LogP contribution in [0.5, 0.6) is 0 Å². The summed E-state index contributed by atoms with van der Waals surface area (Å²) in [5.74, 6) is -0.113. The number of carbonyl (C=O) groups excluding carboxylic acids is 2. The molecule has 0 radical (unpaired) electrons. The fourth-order valence-electron chi connectivity index (χ4n) is 2.49. The lowest BCUT2D eigenvalue weighted by molar-refractivity contribution is -0.119. The quantitative estimate of drug-likeness (QED) is 0.778. The van der Waals surface area contributed by atoms with Gasteiger partial charge < -0.3 is 16.0 Å². The highest BCUT2D eigenvalue weighted by atomic mass is 16.2. The van der Waals surface area contributed by atoms with Gasteiger partial charge in [0.15, 0.2) is 0 Å². The van der Waals surface area contributed by atoms with E-state index in [4.69, 9.17) is 5.73 Å². The monoisotopic (exact) mass is 261 g/mol. The molecule has 1 fully saturated rings. The number of amides is 2. The van der Waals surface area contributed by atoms with Crippen LogP contribution in [0, 0.1) is 6.92 Å². The third-order valence-corrected chi connectivity index (χ3v) is 3.40. The SMILES string of the molecule is CC(=O)NC1CCN(C(=O)c2c(C)cccc2N)C1. The van der Waals surface area contributed by atoms with Crippen molar-refractivity contribution in [2.45, 2.75) is 26.3 Å². The van der Waals surface area contributed by atoms with Gasteiger partial charge >= 0.3 is 0 Å². The Morgan fingerprint density at radius 1 is 1.42 bits per heavy atom. The van der Waals surface area contributed by atoms with E-state index in [-0.39, 0.29) is 17.9 Å². The molecule has 1 aliphatic rings. The van der Waals surface area contributed by atoms with Crippen LogP contribution in [0.2, 0.25) is 0 Å². The van der Waals surface area contributed by atoms with Gasteiger partial charge in [-0.1, -0.05) is 12.1 Å². The van der Waals surface area contributed by atoms with Gasteiger partial charge in [0, 0.05) is 31.7 Å². The second kappa shape index (κ2) is 5.30. The molecule has 1 atom stereocenters. The number of anilines is 1. The Morgan fingerprint density at radius 3 is 2.79 bits per heavy atom. The molecule has 1 saturated heterocycles. The predicted molar refractivity (Wildman–Crippen MR) is 73.7 cm³/mol. The average molecular weight is 261 g/mol. The van der Waals surface area contributed by atoms with Gasteiger partial charge in [-0.2, -0.15) is 0 Å². The molecule has 1 heterocycles. The molecule has 102 valence electrons. The Balaban J connectivity index is 2.11. The van der Waals surface area contributed by atoms with Crippen LogP contribution in [-0.2, 0) is 4.79 Å². The molecule has 5 heteroatoms. The van der Waals surface area contributed by atoms with Crippen LogP contribution >= 0.6 is 0 Å². The first kappa shape index (κ1) is 13.4. The molecule has 3 N–H and O–H groups in total. The number of carbonyl (C=O) groups is 2. The number of nitrogen functional groups attached to an aromatic ring is 1. The van der Waals surface area contributed by atoms with E-state index in [0.717, 1.165) is 12.0 Å². The Kier molecular flexibility index (Phi) is 3.74. The highest BCUT2D eigenvalue weighted by Crippen LogP contribution is 2.21. The minimum atomic E-state index is -0.0605. The van der Waals surface area contributed by atoms with Gasteiger partial charge in [0.05, 0.1) is 5.56 Å². The molecule has 0 aliphatic carbocycles. The first-order valence-electron chi connectivity index (χ1n) is 6.40. The Bertz CT molecular complexity index is 493. The Morgan fingerprint density at radius 2 is 2.16 bits per heavy atom. The molecule has 0 saturated carbocycles. The van der Waals surface area contributed by atoms with Crippen molar-refractivity contribution in [3.05, 3.63) is 29.3 Å². The fraction of sp³-hybridized carbons (Fsp3) is 0.429. The highest BCUT2D eigenvalue weighted by Gasteiger charge is 2.28. The molecule has 1 aromatic rings. The number of hydrogen-bond donors (Lipinski definition) is 2. The number of aryl methyl sites for hydroxylation is 1. The summed E-state index contributed by atoms with van der Waals surface area (Å²) in [5, 5.41) is 2.84. The topological polar surface area (TPSA) is 75.4 Å². The van der Waals surface area contributed by atoms with Crippen molar-refractivity contribution in [3.8, 4) is 0 Å². The lowest BCUT2D eigenvalue weighted by atomic mass is 10.1. The zero-order valence-electron chi connectivity index (χ0n) is 11.3. The first-order chi connectivity index (χ1) is 8.99. The minimum Gasteiger partial charge on any atom is -0.398 e. The molecule has 1 unspecified atom stereocenters. The van der Waals surface area contributed by atoms with Crippen LogP contribution < -0.4 is 11.1 Å². The average Bonchev–Trinajstić information content (AvgIpc) is 2.76. The molecule has 1 aliphatic heterocycles. The van der Waals surface area contributed by atoms with Gasteiger partial charge in [-0.15, -0.1) is 0 Å². The standard InChI is InChI=1S/C14H19N3O2/c1-9-4-3-5-12(15)13(9)14(19)17-7-6-11(8-17)16-10(2)18/h3-5,11H,6-8,15H2,1-2H3,(H,16,18). The number of nitrogens with two attached hydrogens (primary N) is 1. The van der Waals surface area contributed by atoms with Crippen LogP contribution in [0.4, 0.5) is 5.69 Å². The summed E-state index contributed by atoms with van der Waals surface area (Å²) in [4.78, 5) is 25.2. The molecule has 0 aromatic heterocycles. The van der Waals surface area contributed by atoms with Gasteiger partial charge in [-0.25, -0.2) is 0 Å². The van der Waals surface area contributed by atoms with E-state index in [2.05, 4.69) is 5.32 Å². The summed E-state index contributed by atoms with van der Waals surface area (Å²) < 4.78 is 0. The second-order valence-electron chi connectivity index (χ2n) is 4.98. The number of benzene rings is 1. The van der Waals surface area contributed by atoms with Gasteiger partial charge in [0.2, 0.25) is 5.91 Å². The maximum absolute atomic E-state index is 12.5. The number of likely N-dealkylation sites (tertiary alicyclic amines) is 1. The molecule has 2 amide bonds. The number of hydrogen-bond acceptors (Lipinski definition) is 3. The maximum Gasteiger partial charge on any atom is 0.256 e. The van der Waals surface area contributed by atoms with Crippen LogP contribution in [0.1, 0.15) is 29.3 Å². The van der Waals surface area contributed by atoms with E-state index in [1.54, 1.807) is 11.0 Å². The van der Waals surface area contributed by atoms with Crippen molar-refractivity contribution in [1.82, 2.24) is 10.2 Å². The van der Waals surface area contributed by atoms with Crippen LogP contribution in [0.15, 0.2) is 18.2 Å². The van der Waals surface area contributed by atoms with Crippen molar-refractivity contribution in [1.29, 1.82) is 0 Å². The van der Waals surface area contributed by atoms with E-state index < -0.39 is 0 Å². The molecule has 0 bridgehead atoms. The normalized spacial score (nSPS) is 18.4. The second-order valence-corrected chi connectivity index (χ2v) is 4.98. The van der Waals surface area contributed by atoms with E-state index in [0.29, 0.717) is 24.3 Å². The highest BCUT2D eigenvalue weighted by molar-refractivity contribution is 6.00. The Hall–Kier alpha value is -2.04. The molecule has 5 nitrogen and oxygen atoms in total. The lowest BCUT2D eigenvalue weighted by Crippen LogP contribution is -2.37. The van der Waals surface area contributed by atoms with Gasteiger partial charge in [0.1, 0.15) is 0 Å². The molecule has 0 spiro atoms. The van der Waals surface area contributed by atoms with Crippen LogP contribution in [-0.4, -0.2) is 35.8 Å². The number of rotatable bonds is 2. The van der Waals surface area contributed by atoms with E-state index in [9.17, 15) is 9.59 Å². The smallest absolute Gasteiger partial charge is 0.256 e. The third-order valence-electron chi connectivity index (χ3n) is 3.40. The summed E-state index contributed by atoms with van der Waals surface area (Å²) in [6, 6.07) is 5.50. The maximum atomic E-state index is 12.5. The molecule has 1 aromatic carbocycles. The summed E-state index contributed by atoms with van der Waals surface area (Å²) in [6.07, 6.45) is 0.789. The van der Waals surface area contributed by atoms with E-state index in [1.807, 2.05) is 19.1 Å². The van der Waals surface area contributed by atoms with Crippen LogP contribution in [0.3, 0.4) is 0 Å². The van der Waals surface area contributed by atoms with Crippen molar-refractivity contribution in [3.63, 3.8) is 0 Å². The van der Waals surface area contributed by atoms with Crippen molar-refractivity contribution >= 4 is 17.5 Å². The van der Waals surface area contributed by atoms with E-state index >= 15 is 0 Å². The lowest BCUT2D eigenvalue weighted by Gasteiger charge is -2.19. The minimum absolute atomic E-state index is 0.0479. The first-order valence-corrected chi connectivity index (χ1v) is 6.40. The summed E-state index contributed by atoms with van der Waals surface area (Å²) in [5.41, 5.74) is 7.85. The van der Waals surface area contributed by atoms with Gasteiger partial charge in [-0.05, 0) is 25.0 Å². The summed E-state index contributed by atoms with van der Waals surface area (Å²) in [6.45, 7) is 4.57. The van der Waals surface area contributed by atoms with Crippen molar-refractivity contribution in [2.24, 2.45) is 0 Å². The zero-order valence-corrected chi connectivity index (χ0v) is 11.3. The fourth-order valence-corrected chi connectivity index (χ4v) is 2.49. The summed E-state index contributed by atoms with van der Waals surface area (Å²) >= 11 is 0. The van der Waals surface area contributed by atoms with E-state index in [1.165, 1.54) is 6.92 Å². The molecule has 19 heavy (non-hydrogen) atoms. The molecular formula is C14H19N3O2. The third kappa shape index (κ3) is 2.86. The predicted octanol–water partition coefficient (Wildman–Crippen LogP) is 0.928. The largest absolute Gasteiger partial charge is 0.398 e. The van der Waals surface area contributed by atoms with Crippen molar-refractivity contribution < 1.29 is 9.59 Å². The summed E-state index contributed by atoms with van der Waals surface area (Å²) in [7, 11) is 0. The number of nitrogens with zero attached hydrogens (tertiary/aromatic N) is 1. The zero-order chi connectivity index (χ0) is 14.0.